The number of carbonyl (C=O) groups is 4. The summed E-state index contributed by atoms with van der Waals surface area (Å²) in [7, 11) is 4.40. The molecule has 6 saturated heterocycles. The minimum absolute atomic E-state index is 0.144. The summed E-state index contributed by atoms with van der Waals surface area (Å²) in [6.45, 7) is 64.3. The van der Waals surface area contributed by atoms with Crippen LogP contribution in [0.25, 0.3) is 0 Å². The molecule has 1 atom stereocenters. The molecule has 34 nitrogen and oxygen atoms in total. The van der Waals surface area contributed by atoms with E-state index in [1.807, 2.05) is 48.8 Å². The van der Waals surface area contributed by atoms with Crippen LogP contribution in [0.1, 0.15) is 237 Å². The molecule has 768 valence electrons. The number of piperidine rings is 1. The zero-order valence-electron chi connectivity index (χ0n) is 87.0. The minimum atomic E-state index is -3.05. The van der Waals surface area contributed by atoms with Gasteiger partial charge in [-0.15, -0.1) is 0 Å². The summed E-state index contributed by atoms with van der Waals surface area (Å²) in [6.07, 6.45) is 12.3. The summed E-state index contributed by atoms with van der Waals surface area (Å²) in [5.41, 5.74) is 0. The number of hydrogen-bond donors (Lipinski definition) is 4. The van der Waals surface area contributed by atoms with Crippen LogP contribution < -0.4 is 14.8 Å². The average molecular weight is 1950 g/mol. The summed E-state index contributed by atoms with van der Waals surface area (Å²) in [5, 5.41) is 9.09. The second kappa shape index (κ2) is 66.5. The van der Waals surface area contributed by atoms with Crippen LogP contribution in [0.4, 0.5) is 0 Å². The van der Waals surface area contributed by atoms with E-state index in [2.05, 4.69) is 119 Å². The molecule has 8 aliphatic rings. The number of sulfonamides is 6. The number of morpholine rings is 1. The normalized spacial score (nSPS) is 18.8. The van der Waals surface area contributed by atoms with Gasteiger partial charge < -0.3 is 39.7 Å². The highest BCUT2D eigenvalue weighted by Crippen LogP contribution is 2.25. The number of amides is 3. The molecule has 8 rings (SSSR count). The lowest BCUT2D eigenvalue weighted by Crippen LogP contribution is -2.50. The number of likely N-dealkylation sites (N-methyl/N-ethyl adjacent to an activating group) is 4. The Morgan fingerprint density at radius 2 is 0.836 bits per heavy atom. The maximum absolute atomic E-state index is 11.7. The fourth-order valence-electron chi connectivity index (χ4n) is 11.9. The predicted octanol–water partition coefficient (Wildman–Crippen LogP) is 7.76. The molecule has 8 fully saturated rings. The van der Waals surface area contributed by atoms with Gasteiger partial charge in [-0.05, 0) is 248 Å². The van der Waals surface area contributed by atoms with Crippen LogP contribution in [0.3, 0.4) is 0 Å². The number of aliphatic carboxylic acids is 1. The van der Waals surface area contributed by atoms with Gasteiger partial charge in [0.15, 0.2) is 0 Å². The topological polar surface area (TPSA) is 381 Å². The van der Waals surface area contributed by atoms with E-state index in [0.717, 1.165) is 88.9 Å². The lowest BCUT2D eigenvalue weighted by Gasteiger charge is -2.37. The lowest BCUT2D eigenvalue weighted by molar-refractivity contribution is -0.140. The Kier molecular flexibility index (Phi) is 68.2. The van der Waals surface area contributed by atoms with Gasteiger partial charge in [0, 0.05) is 190 Å². The standard InChI is InChI=1S/C13H26N2O.C11H25N3.C9H20N2.C8H18N2O2S.C7H15NO3S.C7H15NO2S.C7H13NO.C7H15NO.C6H13NO2S.C5H13NO2S.C4H11NO2S.C4H8O2/c1-11(2)9-12-5-7-15(8-6-12)10-13(16)14(3)4;1-11(2)14-9-7-13(8-10-14)6-5-12(3)4;1-8(2)11-6-5-9(7-11)10(3)4;1-8(2)13(11,12)10-6-4-9(3)5-7-10;1-7(2)12(9,10)8-3-5-11-6-4-8;1-7(2)11(9,10)8-5-3-4-6-8;1-5(2)7(9)8-6-3-4-6;1-6(2)5-7(9)8(3)4;1-5(2)10(8,9)7-6-3-4-6;1-5(2)9(7,8)6(3)4;1-4(2)8(6,7)5-3;1-3(2)4(5)6/h11-12H,5-10H2,1-4H3;11H,5-10H2,1-4H3;8-9H,5-7H2,1-4H3;8H,4-7H2,1-3H3;7H,3-6H2,1-2H3;7H,3-6H2,1-2H3;5-6H,3-4H2,1-2H3,(H,8,9);6H,5H2,1-4H3;5-7H,3-4H2,1-2H3;5H,1-4H3;4-5H,1-3H3;3H,1-2H3,(H,5,6). The summed E-state index contributed by atoms with van der Waals surface area (Å²) < 4.78 is 150. The Morgan fingerprint density at radius 3 is 1.11 bits per heavy atom. The number of carboxylic acid groups (broad SMARTS) is 1. The van der Waals surface area contributed by atoms with Crippen LogP contribution in [0.2, 0.25) is 0 Å². The number of hydrogen-bond acceptors (Lipinski definition) is 24. The first kappa shape index (κ1) is 131. The Hall–Kier alpha value is -2.98. The van der Waals surface area contributed by atoms with E-state index in [4.69, 9.17) is 9.84 Å². The molecule has 0 bridgehead atoms. The van der Waals surface area contributed by atoms with Crippen molar-refractivity contribution in [2.24, 2.45) is 29.6 Å². The van der Waals surface area contributed by atoms with Gasteiger partial charge in [-0.2, -0.15) is 8.61 Å². The van der Waals surface area contributed by atoms with Crippen LogP contribution in [0.15, 0.2) is 0 Å². The van der Waals surface area contributed by atoms with Crippen molar-refractivity contribution in [3.63, 3.8) is 0 Å². The molecule has 0 radical (unpaired) electrons. The SMILES string of the molecule is CC(C)C(=O)NC1CC1.CC(C)C(=O)O.CC(C)CC(=O)N(C)C.CC(C)CC1CCN(CC(=O)N(C)C)CC1.CC(C)N1CCC(N(C)C)C1.CC(C)N1CCN(CCN(C)C)CC1.CC(C)S(=O)(=O)N(C)C.CC(C)S(=O)(=O)N1CCCC1.CC(C)S(=O)(=O)N1CCN(C)CC1.CC(C)S(=O)(=O)N1CCOCC1.CC(C)S(=O)(=O)NC1CC1.CNS(=O)(=O)C(C)C. The van der Waals surface area contributed by atoms with E-state index in [1.165, 1.54) is 121 Å². The van der Waals surface area contributed by atoms with Gasteiger partial charge in [0.2, 0.25) is 77.9 Å². The molecule has 0 aromatic heterocycles. The predicted molar refractivity (Wildman–Crippen MR) is 530 cm³/mol. The van der Waals surface area contributed by atoms with Gasteiger partial charge in [-0.3, -0.25) is 38.8 Å². The molecule has 2 aliphatic carbocycles. The second-order valence-corrected chi connectivity index (χ2v) is 53.9. The highest BCUT2D eigenvalue weighted by atomic mass is 32.2. The number of piperazine rings is 2. The fraction of sp³-hybridized carbons (Fsp3) is 0.955. The molecule has 0 aromatic carbocycles. The molecule has 40 heteroatoms. The summed E-state index contributed by atoms with van der Waals surface area (Å²) in [5.74, 6) is 1.96. The molecule has 128 heavy (non-hydrogen) atoms. The maximum atomic E-state index is 11.7. The molecule has 0 spiro atoms. The molecule has 4 N–H and O–H groups in total. The number of ether oxygens (including phenoxy) is 1. The Bertz CT molecular complexity index is 3610. The van der Waals surface area contributed by atoms with Gasteiger partial charge >= 0.3 is 5.97 Å². The van der Waals surface area contributed by atoms with Crippen molar-refractivity contribution in [1.82, 2.24) is 76.1 Å². The Labute approximate surface area is 784 Å². The zero-order chi connectivity index (χ0) is 101. The van der Waals surface area contributed by atoms with E-state index in [-0.39, 0.29) is 67.1 Å². The first-order valence-electron chi connectivity index (χ1n) is 46.8. The molecule has 2 saturated carbocycles. The van der Waals surface area contributed by atoms with E-state index in [0.29, 0.717) is 70.4 Å². The van der Waals surface area contributed by atoms with E-state index in [1.54, 1.807) is 129 Å². The maximum Gasteiger partial charge on any atom is 0.305 e. The second-order valence-electron chi connectivity index (χ2n) is 39.0. The first-order chi connectivity index (χ1) is 58.5. The van der Waals surface area contributed by atoms with E-state index in [9.17, 15) is 69.7 Å². The molecular formula is C88H192N16O18S6. The largest absolute Gasteiger partial charge is 0.481 e. The third kappa shape index (κ3) is 60.5. The number of carboxylic acids is 1. The quantitative estimate of drug-likeness (QED) is 0.0581. The van der Waals surface area contributed by atoms with Crippen LogP contribution in [-0.2, 0) is 84.1 Å². The highest BCUT2D eigenvalue weighted by Gasteiger charge is 2.33. The summed E-state index contributed by atoms with van der Waals surface area (Å²) in [4.78, 5) is 63.0. The number of rotatable bonds is 28. The van der Waals surface area contributed by atoms with Crippen molar-refractivity contribution >= 4 is 83.8 Å². The average Bonchev–Trinajstić information content (AvgIpc) is 0.848. The fourth-order valence-corrected chi connectivity index (χ4v) is 18.1. The Balaban J connectivity index is -0.000000660. The van der Waals surface area contributed by atoms with Crippen molar-refractivity contribution in [1.29, 1.82) is 0 Å². The van der Waals surface area contributed by atoms with Gasteiger partial charge in [-0.25, -0.2) is 68.6 Å². The van der Waals surface area contributed by atoms with Crippen LogP contribution in [-0.4, -0.2) is 424 Å². The lowest BCUT2D eigenvalue weighted by atomic mass is 9.89. The zero-order valence-corrected chi connectivity index (χ0v) is 91.9. The highest BCUT2D eigenvalue weighted by molar-refractivity contribution is 7.91. The molecule has 6 aliphatic heterocycles. The van der Waals surface area contributed by atoms with E-state index >= 15 is 0 Å². The monoisotopic (exact) mass is 1950 g/mol. The van der Waals surface area contributed by atoms with E-state index < -0.39 is 66.1 Å². The van der Waals surface area contributed by atoms with Crippen molar-refractivity contribution in [3.8, 4) is 0 Å². The van der Waals surface area contributed by atoms with Gasteiger partial charge in [0.1, 0.15) is 0 Å². The summed E-state index contributed by atoms with van der Waals surface area (Å²) >= 11 is 0. The molecule has 0 aromatic rings. The van der Waals surface area contributed by atoms with Crippen molar-refractivity contribution < 1.29 is 79.5 Å². The molecular weight excluding hydrogens is 1760 g/mol. The first-order valence-corrected chi connectivity index (χ1v) is 55.9. The van der Waals surface area contributed by atoms with Gasteiger partial charge in [0.05, 0.1) is 57.2 Å². The minimum Gasteiger partial charge on any atom is -0.481 e. The summed E-state index contributed by atoms with van der Waals surface area (Å²) in [6, 6.07) is 2.98. The number of nitrogens with one attached hydrogen (secondary N) is 3. The van der Waals surface area contributed by atoms with Gasteiger partial charge in [0.25, 0.3) is 0 Å². The Morgan fingerprint density at radius 1 is 0.430 bits per heavy atom. The van der Waals surface area contributed by atoms with Gasteiger partial charge in [-0.1, -0.05) is 55.4 Å². The third-order valence-electron chi connectivity index (χ3n) is 22.0. The molecule has 6 heterocycles. The smallest absolute Gasteiger partial charge is 0.305 e. The van der Waals surface area contributed by atoms with Crippen molar-refractivity contribution in [2.75, 3.05) is 222 Å². The molecule has 3 amide bonds. The number of carbonyl (C=O) groups excluding carboxylic acids is 3. The number of nitrogens with zero attached hydrogens (tertiary/aromatic N) is 13. The van der Waals surface area contributed by atoms with Crippen molar-refractivity contribution in [2.45, 2.75) is 299 Å². The van der Waals surface area contributed by atoms with Crippen LogP contribution >= 0.6 is 0 Å². The van der Waals surface area contributed by atoms with Crippen LogP contribution in [0, 0.1) is 29.6 Å². The van der Waals surface area contributed by atoms with Crippen molar-refractivity contribution in [3.05, 3.63) is 0 Å². The number of likely N-dealkylation sites (tertiary alicyclic amines) is 2. The molecule has 1 unspecified atom stereocenters. The van der Waals surface area contributed by atoms with Crippen LogP contribution in [0.5, 0.6) is 0 Å². The third-order valence-corrected chi connectivity index (χ3v) is 34.7.